The minimum atomic E-state index is -4.26. The van der Waals surface area contributed by atoms with E-state index in [-0.39, 0.29) is 16.4 Å². The zero-order chi connectivity index (χ0) is 18.9. The molecule has 0 aliphatic carbocycles. The third-order valence-electron chi connectivity index (χ3n) is 4.34. The van der Waals surface area contributed by atoms with Crippen LogP contribution >= 0.6 is 0 Å². The number of benzene rings is 2. The molecule has 0 aromatic heterocycles. The number of rotatable bonds is 4. The van der Waals surface area contributed by atoms with Crippen LogP contribution in [0.1, 0.15) is 28.8 Å². The molecule has 8 heteroatoms. The maximum Gasteiger partial charge on any atom is 0.262 e. The first-order valence-electron chi connectivity index (χ1n) is 8.16. The molecule has 1 N–H and O–H groups in total. The van der Waals surface area contributed by atoms with Crippen molar-refractivity contribution >= 4 is 21.6 Å². The van der Waals surface area contributed by atoms with E-state index in [9.17, 15) is 22.0 Å². The van der Waals surface area contributed by atoms with Crippen LogP contribution in [-0.4, -0.2) is 32.3 Å². The van der Waals surface area contributed by atoms with E-state index in [0.29, 0.717) is 18.7 Å². The van der Waals surface area contributed by atoms with Crippen molar-refractivity contribution < 1.29 is 22.0 Å². The molecule has 3 rings (SSSR count). The second-order valence-corrected chi connectivity index (χ2v) is 7.86. The Kier molecular flexibility index (Phi) is 4.95. The first kappa shape index (κ1) is 18.3. The Hall–Kier alpha value is -2.48. The maximum atomic E-state index is 13.7. The van der Waals surface area contributed by atoms with E-state index in [1.807, 2.05) is 4.72 Å². The number of carbonyl (C=O) groups excluding carboxylic acids is 1. The maximum absolute atomic E-state index is 13.7. The molecular weight excluding hydrogens is 362 g/mol. The molecule has 0 radical (unpaired) electrons. The highest BCUT2D eigenvalue weighted by Crippen LogP contribution is 2.24. The van der Waals surface area contributed by atoms with E-state index in [1.54, 1.807) is 11.8 Å². The van der Waals surface area contributed by atoms with Crippen LogP contribution in [0.2, 0.25) is 0 Å². The molecule has 0 atom stereocenters. The molecule has 2 aromatic rings. The molecule has 0 bridgehead atoms. The number of halogens is 2. The van der Waals surface area contributed by atoms with Gasteiger partial charge in [0.15, 0.2) is 0 Å². The summed E-state index contributed by atoms with van der Waals surface area (Å²) in [7, 11) is -4.26. The van der Waals surface area contributed by atoms with Crippen LogP contribution in [0.15, 0.2) is 41.3 Å². The van der Waals surface area contributed by atoms with Gasteiger partial charge in [-0.15, -0.1) is 0 Å². The first-order chi connectivity index (χ1) is 12.3. The fourth-order valence-electron chi connectivity index (χ4n) is 2.88. The average molecular weight is 380 g/mol. The first-order valence-corrected chi connectivity index (χ1v) is 9.64. The number of amides is 1. The summed E-state index contributed by atoms with van der Waals surface area (Å²) >= 11 is 0. The SMILES string of the molecule is Cc1ccc(S(=O)(=O)Nc2c(F)cccc2F)cc1C(=O)N1CCCC1. The fourth-order valence-corrected chi connectivity index (χ4v) is 3.98. The molecule has 1 amide bonds. The van der Waals surface area contributed by atoms with Crippen LogP contribution in [0, 0.1) is 18.6 Å². The molecule has 1 heterocycles. The van der Waals surface area contributed by atoms with Crippen LogP contribution in [0.3, 0.4) is 0 Å². The van der Waals surface area contributed by atoms with Crippen LogP contribution in [-0.2, 0) is 10.0 Å². The molecule has 5 nitrogen and oxygen atoms in total. The number of likely N-dealkylation sites (tertiary alicyclic amines) is 1. The van der Waals surface area contributed by atoms with E-state index in [1.165, 1.54) is 18.2 Å². The number of hydrogen-bond acceptors (Lipinski definition) is 3. The van der Waals surface area contributed by atoms with Crippen LogP contribution < -0.4 is 4.72 Å². The molecule has 1 fully saturated rings. The minimum Gasteiger partial charge on any atom is -0.339 e. The van der Waals surface area contributed by atoms with Crippen molar-refractivity contribution in [1.82, 2.24) is 4.90 Å². The van der Waals surface area contributed by atoms with E-state index >= 15 is 0 Å². The van der Waals surface area contributed by atoms with Gasteiger partial charge in [-0.3, -0.25) is 9.52 Å². The van der Waals surface area contributed by atoms with Crippen molar-refractivity contribution in [3.8, 4) is 0 Å². The van der Waals surface area contributed by atoms with Gasteiger partial charge in [-0.2, -0.15) is 0 Å². The highest BCUT2D eigenvalue weighted by molar-refractivity contribution is 7.92. The Bertz CT molecular complexity index is 935. The number of nitrogens with zero attached hydrogens (tertiary/aromatic N) is 1. The zero-order valence-electron chi connectivity index (χ0n) is 14.1. The standard InChI is InChI=1S/C18H18F2N2O3S/c1-12-7-8-13(11-14(12)18(23)22-9-2-3-10-22)26(24,25)21-17-15(19)5-4-6-16(17)20/h4-8,11,21H,2-3,9-10H2,1H3. The van der Waals surface area contributed by atoms with Gasteiger partial charge in [-0.1, -0.05) is 12.1 Å². The topological polar surface area (TPSA) is 66.5 Å². The van der Waals surface area contributed by atoms with Crippen molar-refractivity contribution in [2.24, 2.45) is 0 Å². The highest BCUT2D eigenvalue weighted by atomic mass is 32.2. The summed E-state index contributed by atoms with van der Waals surface area (Å²) in [6.07, 6.45) is 1.83. The fraction of sp³-hybridized carbons (Fsp3) is 0.278. The van der Waals surface area contributed by atoms with Gasteiger partial charge in [0.25, 0.3) is 15.9 Å². The number of para-hydroxylation sites is 1. The summed E-state index contributed by atoms with van der Waals surface area (Å²) < 4.78 is 54.5. The molecule has 0 saturated carbocycles. The van der Waals surface area contributed by atoms with Crippen LogP contribution in [0.4, 0.5) is 14.5 Å². The third kappa shape index (κ3) is 3.55. The largest absolute Gasteiger partial charge is 0.339 e. The quantitative estimate of drug-likeness (QED) is 0.885. The Morgan fingerprint density at radius 3 is 2.31 bits per heavy atom. The lowest BCUT2D eigenvalue weighted by atomic mass is 10.1. The monoisotopic (exact) mass is 380 g/mol. The van der Waals surface area contributed by atoms with Gasteiger partial charge < -0.3 is 4.90 Å². The molecule has 138 valence electrons. The van der Waals surface area contributed by atoms with Gasteiger partial charge in [-0.05, 0) is 49.6 Å². The smallest absolute Gasteiger partial charge is 0.262 e. The van der Waals surface area contributed by atoms with Gasteiger partial charge >= 0.3 is 0 Å². The third-order valence-corrected chi connectivity index (χ3v) is 5.69. The number of sulfonamides is 1. The second kappa shape index (κ2) is 7.03. The van der Waals surface area contributed by atoms with E-state index in [4.69, 9.17) is 0 Å². The molecule has 26 heavy (non-hydrogen) atoms. The Morgan fingerprint density at radius 2 is 1.69 bits per heavy atom. The molecular formula is C18H18F2N2O3S. The number of anilines is 1. The van der Waals surface area contributed by atoms with E-state index < -0.39 is 27.3 Å². The molecule has 0 unspecified atom stereocenters. The number of carbonyl (C=O) groups is 1. The van der Waals surface area contributed by atoms with Gasteiger partial charge in [0.2, 0.25) is 0 Å². The zero-order valence-corrected chi connectivity index (χ0v) is 14.9. The van der Waals surface area contributed by atoms with Crippen molar-refractivity contribution in [3.05, 3.63) is 59.2 Å². The van der Waals surface area contributed by atoms with Crippen LogP contribution in [0.25, 0.3) is 0 Å². The Balaban J connectivity index is 1.95. The van der Waals surface area contributed by atoms with Crippen molar-refractivity contribution in [2.75, 3.05) is 17.8 Å². The highest BCUT2D eigenvalue weighted by Gasteiger charge is 2.24. The lowest BCUT2D eigenvalue weighted by Gasteiger charge is -2.17. The van der Waals surface area contributed by atoms with Crippen molar-refractivity contribution in [3.63, 3.8) is 0 Å². The van der Waals surface area contributed by atoms with Gasteiger partial charge in [0, 0.05) is 18.7 Å². The Morgan fingerprint density at radius 1 is 1.08 bits per heavy atom. The normalized spacial score (nSPS) is 14.5. The van der Waals surface area contributed by atoms with E-state index in [0.717, 1.165) is 31.0 Å². The summed E-state index contributed by atoms with van der Waals surface area (Å²) in [5.41, 5.74) is 0.155. The predicted molar refractivity (Wildman–Crippen MR) is 93.5 cm³/mol. The molecule has 1 aliphatic heterocycles. The molecule has 2 aromatic carbocycles. The lowest BCUT2D eigenvalue weighted by Crippen LogP contribution is -2.28. The summed E-state index contributed by atoms with van der Waals surface area (Å²) in [6, 6.07) is 7.11. The van der Waals surface area contributed by atoms with Crippen molar-refractivity contribution in [1.29, 1.82) is 0 Å². The predicted octanol–water partition coefficient (Wildman–Crippen LogP) is 3.31. The van der Waals surface area contributed by atoms with Crippen molar-refractivity contribution in [2.45, 2.75) is 24.7 Å². The number of aryl methyl sites for hydroxylation is 1. The minimum absolute atomic E-state index is 0.228. The molecule has 0 spiro atoms. The number of hydrogen-bond donors (Lipinski definition) is 1. The number of nitrogens with one attached hydrogen (secondary N) is 1. The Labute approximate surface area is 150 Å². The molecule has 1 aliphatic rings. The lowest BCUT2D eigenvalue weighted by molar-refractivity contribution is 0.0792. The van der Waals surface area contributed by atoms with Gasteiger partial charge in [0.05, 0.1) is 4.90 Å². The second-order valence-electron chi connectivity index (χ2n) is 6.18. The van der Waals surface area contributed by atoms with Gasteiger partial charge in [0.1, 0.15) is 17.3 Å². The van der Waals surface area contributed by atoms with E-state index in [2.05, 4.69) is 0 Å². The average Bonchev–Trinajstić information content (AvgIpc) is 3.12. The summed E-state index contributed by atoms with van der Waals surface area (Å²) in [4.78, 5) is 14.0. The van der Waals surface area contributed by atoms with Crippen LogP contribution in [0.5, 0.6) is 0 Å². The summed E-state index contributed by atoms with van der Waals surface area (Å²) in [5, 5.41) is 0. The summed E-state index contributed by atoms with van der Waals surface area (Å²) in [6.45, 7) is 2.98. The molecule has 1 saturated heterocycles. The summed E-state index contributed by atoms with van der Waals surface area (Å²) in [5.74, 6) is -2.28. The van der Waals surface area contributed by atoms with Gasteiger partial charge in [-0.25, -0.2) is 17.2 Å².